The molecular weight excluding hydrogens is 230 g/mol. The molecule has 1 aliphatic heterocycles. The van der Waals surface area contributed by atoms with E-state index in [2.05, 4.69) is 54.2 Å². The molecule has 0 N–H and O–H groups in total. The number of likely N-dealkylation sites (N-methyl/N-ethyl adjacent to an activating group) is 1. The predicted octanol–water partition coefficient (Wildman–Crippen LogP) is 2.93. The second kappa shape index (κ2) is 3.53. The summed E-state index contributed by atoms with van der Waals surface area (Å²) in [5.74, 6) is 0. The van der Waals surface area contributed by atoms with Crippen LogP contribution >= 0.6 is 11.3 Å². The van der Waals surface area contributed by atoms with Crippen molar-refractivity contribution in [3.05, 3.63) is 29.3 Å². The maximum absolute atomic E-state index is 4.12. The van der Waals surface area contributed by atoms with Crippen LogP contribution in [-0.2, 0) is 5.41 Å². The molecule has 0 spiro atoms. The Kier molecular flexibility index (Phi) is 2.23. The summed E-state index contributed by atoms with van der Waals surface area (Å²) in [6, 6.07) is 6.61. The summed E-state index contributed by atoms with van der Waals surface area (Å²) in [5, 5.41) is 9.01. The molecule has 0 saturated heterocycles. The maximum atomic E-state index is 4.12. The van der Waals surface area contributed by atoms with E-state index in [-0.39, 0.29) is 5.41 Å². The lowest BCUT2D eigenvalue weighted by atomic mass is 9.86. The van der Waals surface area contributed by atoms with E-state index in [4.69, 9.17) is 0 Å². The minimum Gasteiger partial charge on any atom is -0.373 e. The molecule has 3 rings (SSSR count). The van der Waals surface area contributed by atoms with Gasteiger partial charge in [-0.15, -0.1) is 10.2 Å². The number of benzene rings is 1. The van der Waals surface area contributed by atoms with Crippen LogP contribution in [0.5, 0.6) is 0 Å². The van der Waals surface area contributed by atoms with Gasteiger partial charge >= 0.3 is 0 Å². The average Bonchev–Trinajstić information content (AvgIpc) is 2.87. The molecule has 0 amide bonds. The highest BCUT2D eigenvalue weighted by atomic mass is 32.1. The number of nitrogens with zero attached hydrogens (tertiary/aromatic N) is 3. The molecule has 2 aromatic rings. The molecule has 0 aliphatic carbocycles. The molecule has 1 aromatic heterocycles. The van der Waals surface area contributed by atoms with Gasteiger partial charge in [0.15, 0.2) is 0 Å². The number of hydrogen-bond donors (Lipinski definition) is 0. The number of aromatic nitrogens is 2. The highest BCUT2D eigenvalue weighted by Crippen LogP contribution is 2.41. The minimum absolute atomic E-state index is 0.240. The third-order valence-corrected chi connectivity index (χ3v) is 4.12. The third kappa shape index (κ3) is 1.63. The second-order valence-corrected chi connectivity index (χ2v) is 6.05. The molecule has 0 radical (unpaired) electrons. The summed E-state index contributed by atoms with van der Waals surface area (Å²) in [4.78, 5) is 2.32. The van der Waals surface area contributed by atoms with Gasteiger partial charge in [0.05, 0.1) is 0 Å². The Morgan fingerprint density at radius 3 is 2.88 bits per heavy atom. The summed E-state index contributed by atoms with van der Waals surface area (Å²) in [6.45, 7) is 5.65. The zero-order valence-electron chi connectivity index (χ0n) is 10.3. The van der Waals surface area contributed by atoms with Gasteiger partial charge in [-0.3, -0.25) is 0 Å². The minimum atomic E-state index is 0.240. The molecule has 0 fully saturated rings. The Labute approximate surface area is 105 Å². The van der Waals surface area contributed by atoms with E-state index >= 15 is 0 Å². The standard InChI is InChI=1S/C13H15N3S/c1-13(2)7-16(3)11-6-9(4-5-10(11)13)12-15-14-8-17-12/h4-6,8H,7H2,1-3H3. The van der Waals surface area contributed by atoms with Gasteiger partial charge in [-0.25, -0.2) is 0 Å². The Morgan fingerprint density at radius 1 is 1.35 bits per heavy atom. The van der Waals surface area contributed by atoms with E-state index in [1.54, 1.807) is 16.8 Å². The van der Waals surface area contributed by atoms with Crippen molar-refractivity contribution in [2.45, 2.75) is 19.3 Å². The van der Waals surface area contributed by atoms with E-state index in [1.807, 2.05) is 0 Å². The molecule has 2 heterocycles. The van der Waals surface area contributed by atoms with Crippen molar-refractivity contribution in [1.82, 2.24) is 10.2 Å². The fourth-order valence-corrected chi connectivity index (χ4v) is 3.17. The molecule has 0 unspecified atom stereocenters. The van der Waals surface area contributed by atoms with Crippen molar-refractivity contribution < 1.29 is 0 Å². The van der Waals surface area contributed by atoms with E-state index in [0.29, 0.717) is 0 Å². The first kappa shape index (κ1) is 10.7. The fourth-order valence-electron chi connectivity index (χ4n) is 2.61. The summed E-state index contributed by atoms with van der Waals surface area (Å²) in [6.07, 6.45) is 0. The predicted molar refractivity (Wildman–Crippen MR) is 71.6 cm³/mol. The normalized spacial score (nSPS) is 17.2. The van der Waals surface area contributed by atoms with Gasteiger partial charge in [-0.05, 0) is 11.6 Å². The number of fused-ring (bicyclic) bond motifs is 1. The van der Waals surface area contributed by atoms with Gasteiger partial charge in [0.2, 0.25) is 0 Å². The SMILES string of the molecule is CN1CC(C)(C)c2ccc(-c3nncs3)cc21. The summed E-state index contributed by atoms with van der Waals surface area (Å²) in [5.41, 5.74) is 5.92. The first-order valence-electron chi connectivity index (χ1n) is 5.70. The molecule has 4 heteroatoms. The van der Waals surface area contributed by atoms with E-state index in [1.165, 1.54) is 11.3 Å². The van der Waals surface area contributed by atoms with Crippen LogP contribution in [0.4, 0.5) is 5.69 Å². The van der Waals surface area contributed by atoms with Crippen molar-refractivity contribution in [2.75, 3.05) is 18.5 Å². The van der Waals surface area contributed by atoms with Crippen LogP contribution in [-0.4, -0.2) is 23.8 Å². The monoisotopic (exact) mass is 245 g/mol. The van der Waals surface area contributed by atoms with Crippen LogP contribution in [0.1, 0.15) is 19.4 Å². The summed E-state index contributed by atoms with van der Waals surface area (Å²) >= 11 is 1.58. The molecule has 0 atom stereocenters. The fraction of sp³-hybridized carbons (Fsp3) is 0.385. The van der Waals surface area contributed by atoms with Gasteiger partial charge in [-0.1, -0.05) is 37.3 Å². The van der Waals surface area contributed by atoms with E-state index in [9.17, 15) is 0 Å². The molecule has 3 nitrogen and oxygen atoms in total. The number of rotatable bonds is 1. The van der Waals surface area contributed by atoms with Crippen molar-refractivity contribution >= 4 is 17.0 Å². The average molecular weight is 245 g/mol. The summed E-state index contributed by atoms with van der Waals surface area (Å²) < 4.78 is 0. The lowest BCUT2D eigenvalue weighted by Gasteiger charge is -2.18. The Hall–Kier alpha value is -1.42. The smallest absolute Gasteiger partial charge is 0.147 e. The Balaban J connectivity index is 2.12. The Bertz CT molecular complexity index is 546. The quantitative estimate of drug-likeness (QED) is 0.773. The van der Waals surface area contributed by atoms with Crippen LogP contribution in [0.15, 0.2) is 23.7 Å². The van der Waals surface area contributed by atoms with Gasteiger partial charge in [-0.2, -0.15) is 0 Å². The summed E-state index contributed by atoms with van der Waals surface area (Å²) in [7, 11) is 2.15. The van der Waals surface area contributed by atoms with Gasteiger partial charge < -0.3 is 4.90 Å². The van der Waals surface area contributed by atoms with E-state index < -0.39 is 0 Å². The van der Waals surface area contributed by atoms with E-state index in [0.717, 1.165) is 17.1 Å². The van der Waals surface area contributed by atoms with Gasteiger partial charge in [0.25, 0.3) is 0 Å². The van der Waals surface area contributed by atoms with Crippen LogP contribution in [0, 0.1) is 0 Å². The van der Waals surface area contributed by atoms with Crippen molar-refractivity contribution in [2.24, 2.45) is 0 Å². The molecule has 88 valence electrons. The molecule has 17 heavy (non-hydrogen) atoms. The first-order chi connectivity index (χ1) is 8.08. The molecule has 1 aromatic carbocycles. The lowest BCUT2D eigenvalue weighted by molar-refractivity contribution is 0.563. The van der Waals surface area contributed by atoms with Crippen molar-refractivity contribution in [1.29, 1.82) is 0 Å². The highest BCUT2D eigenvalue weighted by molar-refractivity contribution is 7.12. The van der Waals surface area contributed by atoms with Crippen LogP contribution in [0.3, 0.4) is 0 Å². The van der Waals surface area contributed by atoms with Crippen LogP contribution in [0.25, 0.3) is 10.6 Å². The van der Waals surface area contributed by atoms with Crippen molar-refractivity contribution in [3.8, 4) is 10.6 Å². The third-order valence-electron chi connectivity index (χ3n) is 3.38. The number of hydrogen-bond acceptors (Lipinski definition) is 4. The van der Waals surface area contributed by atoms with Gasteiger partial charge in [0.1, 0.15) is 10.5 Å². The maximum Gasteiger partial charge on any atom is 0.147 e. The first-order valence-corrected chi connectivity index (χ1v) is 6.58. The highest BCUT2D eigenvalue weighted by Gasteiger charge is 2.33. The topological polar surface area (TPSA) is 29.0 Å². The lowest BCUT2D eigenvalue weighted by Crippen LogP contribution is -2.24. The molecule has 0 bridgehead atoms. The largest absolute Gasteiger partial charge is 0.373 e. The second-order valence-electron chi connectivity index (χ2n) is 5.22. The Morgan fingerprint density at radius 2 is 2.18 bits per heavy atom. The molecule has 0 saturated carbocycles. The molecular formula is C13H15N3S. The number of anilines is 1. The van der Waals surface area contributed by atoms with Crippen molar-refractivity contribution in [3.63, 3.8) is 0 Å². The van der Waals surface area contributed by atoms with Gasteiger partial charge in [0, 0.05) is 30.3 Å². The zero-order valence-corrected chi connectivity index (χ0v) is 11.1. The zero-order chi connectivity index (χ0) is 12.0. The van der Waals surface area contributed by atoms with Crippen LogP contribution < -0.4 is 4.90 Å². The van der Waals surface area contributed by atoms with Crippen LogP contribution in [0.2, 0.25) is 0 Å². The molecule has 1 aliphatic rings.